The summed E-state index contributed by atoms with van der Waals surface area (Å²) >= 11 is 1.85. The summed E-state index contributed by atoms with van der Waals surface area (Å²) in [5.74, 6) is -12.3. The average Bonchev–Trinajstić information content (AvgIpc) is 1.61. The highest BCUT2D eigenvalue weighted by Crippen LogP contribution is 2.45. The van der Waals surface area contributed by atoms with Gasteiger partial charge in [-0.1, -0.05) is 142 Å². The first kappa shape index (κ1) is 107. The number of ketones is 3. The zero-order chi connectivity index (χ0) is 95.8. The Morgan fingerprint density at radius 3 is 1.72 bits per heavy atom. The predicted molar refractivity (Wildman–Crippen MR) is 488 cm³/mol. The largest absolute Gasteiger partial charge is 0.485 e. The minimum Gasteiger partial charge on any atom is -0.485 e. The molecule has 2 aliphatic rings. The van der Waals surface area contributed by atoms with Gasteiger partial charge in [-0.2, -0.15) is 0 Å². The van der Waals surface area contributed by atoms with Crippen LogP contribution in [-0.4, -0.2) is 235 Å². The van der Waals surface area contributed by atoms with E-state index in [1.165, 1.54) is 57.4 Å². The molecule has 0 aromatic heterocycles. The topological polar surface area (TPSA) is 406 Å². The quantitative estimate of drug-likeness (QED) is 0.0140. The van der Waals surface area contributed by atoms with E-state index in [1.54, 1.807) is 107 Å². The van der Waals surface area contributed by atoms with E-state index in [1.807, 2.05) is 65.0 Å². The van der Waals surface area contributed by atoms with Crippen molar-refractivity contribution in [1.82, 2.24) is 36.0 Å². The van der Waals surface area contributed by atoms with E-state index >= 15 is 8.78 Å². The summed E-state index contributed by atoms with van der Waals surface area (Å²) in [6.07, 6.45) is -1.18. The molecule has 8 N–H and O–H groups in total. The number of imide groups is 1. The lowest BCUT2D eigenvalue weighted by Crippen LogP contribution is -2.54. The fraction of sp³-hybridized carbons (Fsp3) is 0.526. The fourth-order valence-corrected chi connectivity index (χ4v) is 17.9. The van der Waals surface area contributed by atoms with Gasteiger partial charge in [-0.15, -0.1) is 0 Å². The predicted octanol–water partition coefficient (Wildman–Crippen LogP) is 11.7. The number of amides is 11. The number of thioether (sulfide) groups is 2. The van der Waals surface area contributed by atoms with Crippen molar-refractivity contribution in [3.8, 4) is 5.75 Å². The first-order valence-electron chi connectivity index (χ1n) is 43.9. The van der Waals surface area contributed by atoms with Crippen LogP contribution in [0.4, 0.5) is 29.7 Å². The van der Waals surface area contributed by atoms with Gasteiger partial charge in [0.1, 0.15) is 25.6 Å². The van der Waals surface area contributed by atoms with Crippen molar-refractivity contribution in [2.75, 3.05) is 112 Å². The van der Waals surface area contributed by atoms with Crippen molar-refractivity contribution in [2.24, 2.45) is 53.1 Å². The van der Waals surface area contributed by atoms with Crippen molar-refractivity contribution in [3.63, 3.8) is 0 Å². The van der Waals surface area contributed by atoms with Crippen LogP contribution in [0.25, 0.3) is 0 Å². The van der Waals surface area contributed by atoms with Crippen LogP contribution in [-0.2, 0) is 78.2 Å². The van der Waals surface area contributed by atoms with Gasteiger partial charge in [0, 0.05) is 131 Å². The van der Waals surface area contributed by atoms with Crippen molar-refractivity contribution in [2.45, 2.75) is 186 Å². The number of hydrogen-bond acceptors (Lipinski definition) is 23. The summed E-state index contributed by atoms with van der Waals surface area (Å²) in [5, 5.41) is 24.2. The number of hydrogen-bond donors (Lipinski definition) is 7. The monoisotopic (exact) mass is 1850 g/mol. The van der Waals surface area contributed by atoms with Crippen LogP contribution in [0.1, 0.15) is 165 Å². The van der Waals surface area contributed by atoms with Crippen LogP contribution in [0.3, 0.4) is 0 Å². The maximum atomic E-state index is 15.7. The number of benzene rings is 5. The Labute approximate surface area is 768 Å². The van der Waals surface area contributed by atoms with Crippen molar-refractivity contribution in [3.05, 3.63) is 159 Å². The number of halogens is 2. The zero-order valence-corrected chi connectivity index (χ0v) is 78.7. The van der Waals surface area contributed by atoms with Gasteiger partial charge in [-0.25, -0.2) is 23.3 Å². The number of carbonyl (C=O) groups excluding carboxylic acids is 13. The van der Waals surface area contributed by atoms with Gasteiger partial charge in [0.15, 0.2) is 29.0 Å². The highest BCUT2D eigenvalue weighted by molar-refractivity contribution is 8.08. The minimum absolute atomic E-state index is 0.0188. The van der Waals surface area contributed by atoms with Crippen LogP contribution in [0.15, 0.2) is 135 Å². The highest BCUT2D eigenvalue weighted by atomic mass is 32.2. The number of likely N-dealkylation sites (tertiary alicyclic amines) is 1. The summed E-state index contributed by atoms with van der Waals surface area (Å²) in [7, 11) is 9.14. The molecular weight excluding hydrogens is 1720 g/mol. The SMILES string of the molecule is CCC(C)[C@@H]([C@@H](CC(=O)N1CCC[C@H]1[C@H](OC)[C@@H](C)C(=O)C[C@H](C)[C@@H](O)c1ccccc1)OC)N(C)C(=O)[C@@H](CC(=O)[C@H](C(C)C)N(C)C(=O)OCc1ccc(NC(=O)[C@H](CCCNC(N)=O)CC(=O)[C@@H](NC(=O)COCCOCCOCCOc2c(F)cc(N3C(=O)C(Sc4ccc(C(=O)NC)cc4)=C(Sc4ccc(C(=O)NC)cc4)C3=O)cc2F)C(C)C)cc1)C(C)C. The summed E-state index contributed by atoms with van der Waals surface area (Å²) < 4.78 is 71.3. The van der Waals surface area contributed by atoms with Crippen LogP contribution in [0.5, 0.6) is 5.75 Å². The van der Waals surface area contributed by atoms with Gasteiger partial charge in [0.25, 0.3) is 23.6 Å². The third-order valence-electron chi connectivity index (χ3n) is 23.3. The molecule has 1 unspecified atom stereocenters. The van der Waals surface area contributed by atoms with Gasteiger partial charge in [-0.3, -0.25) is 52.7 Å². The van der Waals surface area contributed by atoms with Crippen LogP contribution < -0.4 is 42.0 Å². The third kappa shape index (κ3) is 30.3. The van der Waals surface area contributed by atoms with Gasteiger partial charge < -0.3 is 85.3 Å². The Hall–Kier alpha value is -10.5. The molecule has 2 aliphatic heterocycles. The molecular formula is C95H128F2N10O21S2. The molecule has 0 aliphatic carbocycles. The van der Waals surface area contributed by atoms with Crippen molar-refractivity contribution < 1.29 is 109 Å². The summed E-state index contributed by atoms with van der Waals surface area (Å²) in [6, 6.07) is 25.9. The molecule has 710 valence electrons. The van der Waals surface area contributed by atoms with Gasteiger partial charge in [0.2, 0.25) is 23.6 Å². The van der Waals surface area contributed by atoms with E-state index < -0.39 is 143 Å². The molecule has 0 radical (unpaired) electrons. The molecule has 35 heteroatoms. The summed E-state index contributed by atoms with van der Waals surface area (Å²) in [6.45, 7) is 17.8. The second-order valence-electron chi connectivity index (χ2n) is 33.6. The zero-order valence-electron chi connectivity index (χ0n) is 77.1. The van der Waals surface area contributed by atoms with E-state index in [4.69, 9.17) is 38.9 Å². The van der Waals surface area contributed by atoms with Gasteiger partial charge in [-0.05, 0) is 127 Å². The number of rotatable bonds is 54. The number of Topliss-reactive ketones (excluding diaryl/α,β-unsaturated/α-hetero) is 3. The number of primary amides is 1. The smallest absolute Gasteiger partial charge is 0.410 e. The van der Waals surface area contributed by atoms with Crippen LogP contribution >= 0.6 is 23.5 Å². The molecule has 0 spiro atoms. The van der Waals surface area contributed by atoms with E-state index in [0.29, 0.717) is 62.9 Å². The van der Waals surface area contributed by atoms with E-state index in [0.717, 1.165) is 41.2 Å². The number of carbonyl (C=O) groups is 13. The van der Waals surface area contributed by atoms with E-state index in [2.05, 4.69) is 26.6 Å². The molecule has 7 rings (SSSR count). The maximum absolute atomic E-state index is 15.7. The molecule has 11 amide bonds. The number of ether oxygens (including phenoxy) is 7. The molecule has 130 heavy (non-hydrogen) atoms. The molecule has 0 bridgehead atoms. The van der Waals surface area contributed by atoms with Crippen molar-refractivity contribution in [1.29, 1.82) is 0 Å². The second-order valence-corrected chi connectivity index (χ2v) is 35.8. The molecule has 2 heterocycles. The molecule has 5 aromatic rings. The van der Waals surface area contributed by atoms with E-state index in [-0.39, 0.29) is 154 Å². The number of aliphatic hydroxyl groups excluding tert-OH is 1. The standard InChI is InChI=1S/C95H128F2N10O21S2/c1-17-58(8)82(77(122-15)52-79(112)106-40-22-26-73(106)84(123-16)60(10)74(108)47-59(9)83(113)62-23-19-18-20-24-62)104(13)91(117)70(55(2)3)51-76(110)81(57(6)7)105(14)95(121)128-53-61-27-33-66(34-28-61)102-90(116)65(25-21-39-101-94(98)120)48-75(109)80(56(4)5)103-78(111)54-126-44-43-124-41-42-125-45-46-127-85-71(96)49-67(50-72(85)97)107-92(118)86(129-68-35-29-63(30-36-68)88(114)99-11)87(93(107)119)130-69-37-31-64(32-38-69)89(115)100-12/h18-20,23-24,27-38,49-50,55-60,65,70,73,77,80-84,113H,17,21-22,25-26,39-48,51-54H2,1-16H3,(H,99,114)(H,100,115)(H,102,116)(H,103,111)(H3,98,101,120)/t58?,59-,60-,65+,70-,73-,77+,80-,81-,82-,83+,84+/m0/s1. The van der Waals surface area contributed by atoms with Crippen molar-refractivity contribution >= 4 is 112 Å². The first-order chi connectivity index (χ1) is 61.9. The lowest BCUT2D eigenvalue weighted by molar-refractivity contribution is -0.149. The molecule has 5 aromatic carbocycles. The number of likely N-dealkylation sites (N-methyl/N-ethyl adjacent to an activating group) is 2. The molecule has 0 saturated carbocycles. The lowest BCUT2D eigenvalue weighted by atomic mass is 9.83. The third-order valence-corrected chi connectivity index (χ3v) is 25.7. The number of urea groups is 1. The molecule has 1 saturated heterocycles. The molecule has 31 nitrogen and oxygen atoms in total. The fourth-order valence-electron chi connectivity index (χ4n) is 16.0. The number of anilines is 2. The summed E-state index contributed by atoms with van der Waals surface area (Å²) in [4.78, 5) is 184. The normalized spacial score (nSPS) is 15.9. The lowest BCUT2D eigenvalue weighted by Gasteiger charge is -2.41. The number of nitrogens with two attached hydrogens (primary N) is 1. The number of aliphatic hydroxyl groups is 1. The Kier molecular flexibility index (Phi) is 43.0. The van der Waals surface area contributed by atoms with Crippen LogP contribution in [0.2, 0.25) is 0 Å². The van der Waals surface area contributed by atoms with Crippen LogP contribution in [0, 0.1) is 59.0 Å². The Morgan fingerprint density at radius 2 is 1.20 bits per heavy atom. The Balaban J connectivity index is 0.846. The summed E-state index contributed by atoms with van der Waals surface area (Å²) in [5.41, 5.74) is 7.17. The maximum Gasteiger partial charge on any atom is 0.410 e. The number of nitrogens with zero attached hydrogens (tertiary/aromatic N) is 4. The van der Waals surface area contributed by atoms with Gasteiger partial charge in [0.05, 0.1) is 97.4 Å². The van der Waals surface area contributed by atoms with E-state index in [9.17, 15) is 67.4 Å². The van der Waals surface area contributed by atoms with Gasteiger partial charge >= 0.3 is 12.1 Å². The first-order valence-corrected chi connectivity index (χ1v) is 45.6. The Bertz CT molecular complexity index is 4600. The average molecular weight is 1850 g/mol. The molecule has 1 fully saturated rings. The number of methoxy groups -OCH3 is 2. The Morgan fingerprint density at radius 1 is 0.638 bits per heavy atom. The minimum atomic E-state index is -1.21. The highest BCUT2D eigenvalue weighted by Gasteiger charge is 2.46. The second kappa shape index (κ2) is 52.5. The number of nitrogens with one attached hydrogen (secondary N) is 5. The molecule has 12 atom stereocenters.